The van der Waals surface area contributed by atoms with Crippen LogP contribution in [0.5, 0.6) is 0 Å². The minimum Gasteiger partial charge on any atom is -0.367 e. The Morgan fingerprint density at radius 2 is 1.83 bits per heavy atom. The number of benzene rings is 1. The highest BCUT2D eigenvalue weighted by atomic mass is 32.2. The summed E-state index contributed by atoms with van der Waals surface area (Å²) in [6.45, 7) is 8.03. The number of nitrogens with one attached hydrogen (secondary N) is 1. The Hall–Kier alpha value is -1.90. The molecule has 166 valence electrons. The van der Waals surface area contributed by atoms with Crippen molar-refractivity contribution in [1.29, 1.82) is 0 Å². The van der Waals surface area contributed by atoms with Gasteiger partial charge in [-0.05, 0) is 44.5 Å². The number of hydrogen-bond donors (Lipinski definition) is 1. The molecule has 1 unspecified atom stereocenters. The minimum atomic E-state index is -3.60. The average Bonchev–Trinajstić information content (AvgIpc) is 2.75. The van der Waals surface area contributed by atoms with Gasteiger partial charge in [0.1, 0.15) is 0 Å². The minimum absolute atomic E-state index is 0.0351. The topological polar surface area (TPSA) is 73.0 Å². The average molecular weight is 435 g/mol. The van der Waals surface area contributed by atoms with Crippen LogP contribution < -0.4 is 10.2 Å². The second-order valence-electron chi connectivity index (χ2n) is 8.03. The van der Waals surface area contributed by atoms with E-state index in [-0.39, 0.29) is 16.7 Å². The van der Waals surface area contributed by atoms with Gasteiger partial charge in [-0.1, -0.05) is 26.0 Å². The molecule has 0 bridgehead atoms. The van der Waals surface area contributed by atoms with E-state index in [9.17, 15) is 13.2 Å². The zero-order valence-electron chi connectivity index (χ0n) is 18.3. The van der Waals surface area contributed by atoms with E-state index in [1.165, 1.54) is 4.31 Å². The number of carbonyl (C=O) groups is 1. The predicted octanol–water partition coefficient (Wildman–Crippen LogP) is 2.76. The van der Waals surface area contributed by atoms with Crippen LogP contribution in [0.4, 0.5) is 11.4 Å². The van der Waals surface area contributed by atoms with Crippen LogP contribution in [0.25, 0.3) is 0 Å². The Balaban J connectivity index is 1.94. The third-order valence-corrected chi connectivity index (χ3v) is 8.10. The van der Waals surface area contributed by atoms with Crippen LogP contribution in [0.1, 0.15) is 33.1 Å². The van der Waals surface area contributed by atoms with Crippen molar-refractivity contribution < 1.29 is 13.2 Å². The van der Waals surface area contributed by atoms with Crippen LogP contribution in [0.15, 0.2) is 35.2 Å². The van der Waals surface area contributed by atoms with E-state index in [0.717, 1.165) is 51.1 Å². The lowest BCUT2D eigenvalue weighted by atomic mass is 9.93. The van der Waals surface area contributed by atoms with Crippen molar-refractivity contribution in [2.75, 3.05) is 56.5 Å². The summed E-state index contributed by atoms with van der Waals surface area (Å²) in [5.74, 6) is -0.106. The van der Waals surface area contributed by atoms with Gasteiger partial charge in [0.2, 0.25) is 15.9 Å². The molecule has 1 aliphatic heterocycles. The molecule has 1 aliphatic carbocycles. The van der Waals surface area contributed by atoms with Crippen molar-refractivity contribution in [2.24, 2.45) is 5.92 Å². The SMILES string of the molecule is CCN(CC)S(=O)(=O)c1ccc(N2CCN(C)CC2)c(NC(=O)C2CC=CCC2)c1. The van der Waals surface area contributed by atoms with Crippen LogP contribution >= 0.6 is 0 Å². The molecule has 1 heterocycles. The van der Waals surface area contributed by atoms with Crippen molar-refractivity contribution in [3.05, 3.63) is 30.4 Å². The summed E-state index contributed by atoms with van der Waals surface area (Å²) < 4.78 is 27.5. The smallest absolute Gasteiger partial charge is 0.243 e. The van der Waals surface area contributed by atoms with Crippen LogP contribution in [0, 0.1) is 5.92 Å². The van der Waals surface area contributed by atoms with Gasteiger partial charge in [-0.2, -0.15) is 4.31 Å². The molecular formula is C22H34N4O3S. The molecule has 0 aromatic heterocycles. The molecule has 1 amide bonds. The maximum Gasteiger partial charge on any atom is 0.243 e. The number of anilines is 2. The summed E-state index contributed by atoms with van der Waals surface area (Å²) in [5, 5.41) is 3.07. The quantitative estimate of drug-likeness (QED) is 0.668. The number of amides is 1. The summed E-state index contributed by atoms with van der Waals surface area (Å²) >= 11 is 0. The molecule has 1 aromatic rings. The monoisotopic (exact) mass is 434 g/mol. The van der Waals surface area contributed by atoms with E-state index in [2.05, 4.69) is 34.3 Å². The fourth-order valence-corrected chi connectivity index (χ4v) is 5.56. The van der Waals surface area contributed by atoms with Crippen LogP contribution in [0.2, 0.25) is 0 Å². The number of sulfonamides is 1. The molecule has 0 radical (unpaired) electrons. The Morgan fingerprint density at radius 1 is 1.13 bits per heavy atom. The zero-order chi connectivity index (χ0) is 21.7. The molecule has 7 nitrogen and oxygen atoms in total. The van der Waals surface area contributed by atoms with Crippen LogP contribution in [-0.4, -0.2) is 69.8 Å². The molecule has 0 saturated carbocycles. The van der Waals surface area contributed by atoms with Gasteiger partial charge in [0.15, 0.2) is 0 Å². The van der Waals surface area contributed by atoms with Gasteiger partial charge in [-0.15, -0.1) is 0 Å². The summed E-state index contributed by atoms with van der Waals surface area (Å²) in [6, 6.07) is 5.15. The highest BCUT2D eigenvalue weighted by Gasteiger charge is 2.26. The van der Waals surface area contributed by atoms with Crippen molar-refractivity contribution in [3.63, 3.8) is 0 Å². The maximum atomic E-state index is 13.0. The predicted molar refractivity (Wildman–Crippen MR) is 121 cm³/mol. The number of rotatable bonds is 7. The summed E-state index contributed by atoms with van der Waals surface area (Å²) in [6.07, 6.45) is 6.61. The van der Waals surface area contributed by atoms with E-state index in [0.29, 0.717) is 18.8 Å². The molecule has 3 rings (SSSR count). The fourth-order valence-electron chi connectivity index (χ4n) is 4.08. The van der Waals surface area contributed by atoms with Gasteiger partial charge in [0, 0.05) is 45.2 Å². The van der Waals surface area contributed by atoms with E-state index in [4.69, 9.17) is 0 Å². The van der Waals surface area contributed by atoms with Gasteiger partial charge in [-0.3, -0.25) is 4.79 Å². The first-order chi connectivity index (χ1) is 14.4. The maximum absolute atomic E-state index is 13.0. The molecule has 1 fully saturated rings. The Labute approximate surface area is 180 Å². The Bertz CT molecular complexity index is 872. The third kappa shape index (κ3) is 5.04. The first kappa shape index (κ1) is 22.8. The van der Waals surface area contributed by atoms with E-state index >= 15 is 0 Å². The lowest BCUT2D eigenvalue weighted by Crippen LogP contribution is -2.44. The van der Waals surface area contributed by atoms with E-state index in [1.807, 2.05) is 19.9 Å². The number of carbonyl (C=O) groups excluding carboxylic acids is 1. The fraction of sp³-hybridized carbons (Fsp3) is 0.591. The van der Waals surface area contributed by atoms with Crippen molar-refractivity contribution in [2.45, 2.75) is 38.0 Å². The van der Waals surface area contributed by atoms with Crippen molar-refractivity contribution in [3.8, 4) is 0 Å². The van der Waals surface area contributed by atoms with Gasteiger partial charge in [-0.25, -0.2) is 8.42 Å². The number of piperazine rings is 1. The normalized spacial score (nSPS) is 20.5. The molecule has 1 atom stereocenters. The van der Waals surface area contributed by atoms with Crippen molar-refractivity contribution in [1.82, 2.24) is 9.21 Å². The lowest BCUT2D eigenvalue weighted by Gasteiger charge is -2.35. The van der Waals surface area contributed by atoms with E-state index in [1.54, 1.807) is 12.1 Å². The highest BCUT2D eigenvalue weighted by Crippen LogP contribution is 2.32. The van der Waals surface area contributed by atoms with Gasteiger partial charge in [0.25, 0.3) is 0 Å². The number of likely N-dealkylation sites (N-methyl/N-ethyl adjacent to an activating group) is 1. The van der Waals surface area contributed by atoms with Gasteiger partial charge in [0.05, 0.1) is 16.3 Å². The second-order valence-corrected chi connectivity index (χ2v) is 9.97. The summed E-state index contributed by atoms with van der Waals surface area (Å²) in [4.78, 5) is 17.6. The zero-order valence-corrected chi connectivity index (χ0v) is 19.1. The third-order valence-electron chi connectivity index (χ3n) is 6.05. The molecule has 1 N–H and O–H groups in total. The number of allylic oxidation sites excluding steroid dienone is 2. The summed E-state index contributed by atoms with van der Waals surface area (Å²) in [7, 11) is -1.50. The molecule has 8 heteroatoms. The largest absolute Gasteiger partial charge is 0.367 e. The van der Waals surface area contributed by atoms with E-state index < -0.39 is 10.0 Å². The second kappa shape index (κ2) is 9.94. The standard InChI is InChI=1S/C22H34N4O3S/c1-4-26(5-2)30(28,29)19-11-12-21(25-15-13-24(3)14-16-25)20(17-19)23-22(27)18-9-7-6-8-10-18/h6-7,11-12,17-18H,4-5,8-10,13-16H2,1-3H3,(H,23,27). The lowest BCUT2D eigenvalue weighted by molar-refractivity contribution is -0.120. The number of hydrogen-bond acceptors (Lipinski definition) is 5. The molecule has 30 heavy (non-hydrogen) atoms. The van der Waals surface area contributed by atoms with Crippen LogP contribution in [-0.2, 0) is 14.8 Å². The molecule has 1 saturated heterocycles. The Kier molecular flexibility index (Phi) is 7.55. The molecule has 2 aliphatic rings. The molecule has 0 spiro atoms. The van der Waals surface area contributed by atoms with Crippen LogP contribution in [0.3, 0.4) is 0 Å². The molecule has 1 aromatic carbocycles. The number of nitrogens with zero attached hydrogens (tertiary/aromatic N) is 3. The molecular weight excluding hydrogens is 400 g/mol. The van der Waals surface area contributed by atoms with Gasteiger partial charge >= 0.3 is 0 Å². The highest BCUT2D eigenvalue weighted by molar-refractivity contribution is 7.89. The first-order valence-electron chi connectivity index (χ1n) is 10.9. The summed E-state index contributed by atoms with van der Waals surface area (Å²) in [5.41, 5.74) is 1.48. The first-order valence-corrected chi connectivity index (χ1v) is 12.3. The van der Waals surface area contributed by atoms with Gasteiger partial charge < -0.3 is 15.1 Å². The van der Waals surface area contributed by atoms with Crippen molar-refractivity contribution >= 4 is 27.3 Å². The Morgan fingerprint density at radius 3 is 2.43 bits per heavy atom.